The van der Waals surface area contributed by atoms with Crippen LogP contribution in [-0.4, -0.2) is 13.1 Å². The smallest absolute Gasteiger partial charge is 0.0408 e. The van der Waals surface area contributed by atoms with Crippen molar-refractivity contribution in [1.82, 2.24) is 5.32 Å². The van der Waals surface area contributed by atoms with Crippen LogP contribution in [0.3, 0.4) is 0 Å². The van der Waals surface area contributed by atoms with Gasteiger partial charge in [0, 0.05) is 23.5 Å². The number of nitrogens with one attached hydrogen (secondary N) is 1. The monoisotopic (exact) mass is 285 g/mol. The van der Waals surface area contributed by atoms with E-state index in [1.807, 2.05) is 6.07 Å². The molecule has 1 heterocycles. The van der Waals surface area contributed by atoms with E-state index in [1.54, 1.807) is 0 Å². The fourth-order valence-electron chi connectivity index (χ4n) is 3.14. The third-order valence-corrected chi connectivity index (χ3v) is 4.76. The Labute approximate surface area is 126 Å². The molecule has 0 bridgehead atoms. The van der Waals surface area contributed by atoms with Crippen LogP contribution in [0.15, 0.2) is 42.5 Å². The second kappa shape index (κ2) is 5.23. The summed E-state index contributed by atoms with van der Waals surface area (Å²) in [5.74, 6) is 0. The fourth-order valence-corrected chi connectivity index (χ4v) is 3.33. The topological polar surface area (TPSA) is 12.0 Å². The molecule has 2 aromatic rings. The van der Waals surface area contributed by atoms with Gasteiger partial charge in [0.1, 0.15) is 0 Å². The highest BCUT2D eigenvalue weighted by molar-refractivity contribution is 6.30. The highest BCUT2D eigenvalue weighted by Crippen LogP contribution is 2.35. The van der Waals surface area contributed by atoms with Crippen molar-refractivity contribution in [2.75, 3.05) is 13.1 Å². The van der Waals surface area contributed by atoms with Gasteiger partial charge in [0.15, 0.2) is 0 Å². The molecule has 0 amide bonds. The van der Waals surface area contributed by atoms with Gasteiger partial charge in [-0.3, -0.25) is 0 Å². The molecule has 3 rings (SSSR count). The molecule has 1 nitrogen and oxygen atoms in total. The van der Waals surface area contributed by atoms with Gasteiger partial charge in [-0.2, -0.15) is 0 Å². The minimum absolute atomic E-state index is 0.196. The van der Waals surface area contributed by atoms with Crippen LogP contribution < -0.4 is 5.32 Å². The highest BCUT2D eigenvalue weighted by Gasteiger charge is 2.39. The summed E-state index contributed by atoms with van der Waals surface area (Å²) in [4.78, 5) is 0. The molecule has 1 aliphatic rings. The summed E-state index contributed by atoms with van der Waals surface area (Å²) in [5.41, 5.74) is 5.80. The van der Waals surface area contributed by atoms with Gasteiger partial charge in [0.2, 0.25) is 0 Å². The maximum absolute atomic E-state index is 6.18. The first-order valence-electron chi connectivity index (χ1n) is 7.13. The quantitative estimate of drug-likeness (QED) is 0.897. The van der Waals surface area contributed by atoms with Gasteiger partial charge in [-0.15, -0.1) is 0 Å². The van der Waals surface area contributed by atoms with E-state index in [0.29, 0.717) is 0 Å². The summed E-state index contributed by atoms with van der Waals surface area (Å²) in [5, 5.41) is 4.27. The lowest BCUT2D eigenvalue weighted by Gasteiger charge is -2.44. The number of aryl methyl sites for hydroxylation is 2. The van der Waals surface area contributed by atoms with Crippen LogP contribution in [0.5, 0.6) is 0 Å². The fraction of sp³-hybridized carbons (Fsp3) is 0.333. The average Bonchev–Trinajstić information content (AvgIpc) is 2.36. The SMILES string of the molecule is Cc1cccc(C)c1CC1(c2cccc(Cl)c2)CNC1. The minimum Gasteiger partial charge on any atom is -0.315 e. The zero-order chi connectivity index (χ0) is 14.2. The van der Waals surface area contributed by atoms with E-state index in [-0.39, 0.29) is 5.41 Å². The van der Waals surface area contributed by atoms with E-state index in [0.717, 1.165) is 24.5 Å². The van der Waals surface area contributed by atoms with Crippen LogP contribution in [-0.2, 0) is 11.8 Å². The predicted octanol–water partition coefficient (Wildman–Crippen LogP) is 4.04. The highest BCUT2D eigenvalue weighted by atomic mass is 35.5. The largest absolute Gasteiger partial charge is 0.315 e. The maximum atomic E-state index is 6.18. The zero-order valence-electron chi connectivity index (χ0n) is 12.0. The summed E-state index contributed by atoms with van der Waals surface area (Å²) in [6.07, 6.45) is 1.08. The number of hydrogen-bond acceptors (Lipinski definition) is 1. The Kier molecular flexibility index (Phi) is 3.57. The number of hydrogen-bond donors (Lipinski definition) is 1. The van der Waals surface area contributed by atoms with E-state index >= 15 is 0 Å². The summed E-state index contributed by atoms with van der Waals surface area (Å²) in [7, 11) is 0. The van der Waals surface area contributed by atoms with Crippen LogP contribution in [0, 0.1) is 13.8 Å². The van der Waals surface area contributed by atoms with Crippen LogP contribution in [0.2, 0.25) is 5.02 Å². The molecule has 1 N–H and O–H groups in total. The third kappa shape index (κ3) is 2.36. The van der Waals surface area contributed by atoms with E-state index in [1.165, 1.54) is 22.3 Å². The van der Waals surface area contributed by atoms with E-state index in [4.69, 9.17) is 11.6 Å². The molecule has 0 atom stereocenters. The van der Waals surface area contributed by atoms with Gasteiger partial charge in [-0.1, -0.05) is 41.9 Å². The van der Waals surface area contributed by atoms with Crippen LogP contribution in [0.4, 0.5) is 0 Å². The molecule has 0 aliphatic carbocycles. The lowest BCUT2D eigenvalue weighted by Crippen LogP contribution is -2.58. The molecule has 1 fully saturated rings. The standard InChI is InChI=1S/C18H20ClN/c1-13-5-3-6-14(2)17(13)10-18(11-20-12-18)15-7-4-8-16(19)9-15/h3-9,20H,10-12H2,1-2H3. The van der Waals surface area contributed by atoms with Crippen molar-refractivity contribution in [3.05, 3.63) is 69.7 Å². The van der Waals surface area contributed by atoms with E-state index in [2.05, 4.69) is 55.6 Å². The molecule has 0 radical (unpaired) electrons. The number of halogens is 1. The second-order valence-corrected chi connectivity index (χ2v) is 6.38. The van der Waals surface area contributed by atoms with Gasteiger partial charge < -0.3 is 5.32 Å². The molecule has 0 unspecified atom stereocenters. The van der Waals surface area contributed by atoms with E-state index in [9.17, 15) is 0 Å². The molecule has 20 heavy (non-hydrogen) atoms. The van der Waals surface area contributed by atoms with E-state index < -0.39 is 0 Å². The molecule has 2 heteroatoms. The second-order valence-electron chi connectivity index (χ2n) is 5.94. The van der Waals surface area contributed by atoms with Gasteiger partial charge >= 0.3 is 0 Å². The lowest BCUT2D eigenvalue weighted by atomic mass is 9.70. The molecular weight excluding hydrogens is 266 g/mol. The summed E-state index contributed by atoms with van der Waals surface area (Å²) in [6, 6.07) is 14.9. The van der Waals surface area contributed by atoms with Crippen molar-refractivity contribution in [3.8, 4) is 0 Å². The van der Waals surface area contributed by atoms with Gasteiger partial charge in [-0.25, -0.2) is 0 Å². The first kappa shape index (κ1) is 13.7. The molecule has 1 aliphatic heterocycles. The molecule has 0 spiro atoms. The first-order valence-corrected chi connectivity index (χ1v) is 7.50. The van der Waals surface area contributed by atoms with Crippen LogP contribution in [0.1, 0.15) is 22.3 Å². The molecular formula is C18H20ClN. The Morgan fingerprint density at radius 3 is 2.25 bits per heavy atom. The van der Waals surface area contributed by atoms with Gasteiger partial charge in [0.05, 0.1) is 0 Å². The van der Waals surface area contributed by atoms with Gasteiger partial charge in [-0.05, 0) is 54.7 Å². The van der Waals surface area contributed by atoms with Crippen molar-refractivity contribution < 1.29 is 0 Å². The van der Waals surface area contributed by atoms with Gasteiger partial charge in [0.25, 0.3) is 0 Å². The van der Waals surface area contributed by atoms with Crippen molar-refractivity contribution in [1.29, 1.82) is 0 Å². The average molecular weight is 286 g/mol. The van der Waals surface area contributed by atoms with Crippen molar-refractivity contribution >= 4 is 11.6 Å². The molecule has 2 aromatic carbocycles. The molecule has 104 valence electrons. The Morgan fingerprint density at radius 2 is 1.70 bits per heavy atom. The first-order chi connectivity index (χ1) is 9.61. The summed E-state index contributed by atoms with van der Waals surface area (Å²) < 4.78 is 0. The van der Waals surface area contributed by atoms with Crippen molar-refractivity contribution in [2.24, 2.45) is 0 Å². The normalized spacial score (nSPS) is 16.8. The lowest BCUT2D eigenvalue weighted by molar-refractivity contribution is 0.274. The minimum atomic E-state index is 0.196. The number of rotatable bonds is 3. The zero-order valence-corrected chi connectivity index (χ0v) is 12.8. The van der Waals surface area contributed by atoms with Crippen LogP contribution in [0.25, 0.3) is 0 Å². The summed E-state index contributed by atoms with van der Waals surface area (Å²) in [6.45, 7) is 6.47. The summed E-state index contributed by atoms with van der Waals surface area (Å²) >= 11 is 6.18. The Bertz CT molecular complexity index is 609. The molecule has 0 aromatic heterocycles. The maximum Gasteiger partial charge on any atom is 0.0408 e. The predicted molar refractivity (Wildman–Crippen MR) is 85.6 cm³/mol. The number of benzene rings is 2. The Balaban J connectivity index is 1.98. The molecule has 0 saturated carbocycles. The van der Waals surface area contributed by atoms with Crippen molar-refractivity contribution in [2.45, 2.75) is 25.7 Å². The van der Waals surface area contributed by atoms with Crippen molar-refractivity contribution in [3.63, 3.8) is 0 Å². The Morgan fingerprint density at radius 1 is 1.05 bits per heavy atom. The molecule has 1 saturated heterocycles. The Hall–Kier alpha value is -1.31. The third-order valence-electron chi connectivity index (χ3n) is 4.52. The van der Waals surface area contributed by atoms with Crippen LogP contribution >= 0.6 is 11.6 Å².